The van der Waals surface area contributed by atoms with Crippen molar-refractivity contribution in [1.82, 2.24) is 20.0 Å². The van der Waals surface area contributed by atoms with Crippen LogP contribution in [-0.4, -0.2) is 27.3 Å². The second-order valence-electron chi connectivity index (χ2n) is 6.01. The molecule has 1 saturated heterocycles. The fraction of sp³-hybridized carbons (Fsp3) is 0.529. The minimum Gasteiger partial charge on any atom is -0.330 e. The number of aryl methyl sites for hydroxylation is 1. The molecule has 1 aliphatic rings. The zero-order chi connectivity index (χ0) is 16.2. The van der Waals surface area contributed by atoms with Gasteiger partial charge in [0.15, 0.2) is 0 Å². The average Bonchev–Trinajstić information content (AvgIpc) is 3.24. The summed E-state index contributed by atoms with van der Waals surface area (Å²) in [6.45, 7) is 2.92. The lowest BCUT2D eigenvalue weighted by atomic mass is 9.99. The van der Waals surface area contributed by atoms with Crippen molar-refractivity contribution >= 4 is 17.4 Å². The first-order chi connectivity index (χ1) is 11.2. The minimum absolute atomic E-state index is 0.0381. The Hall–Kier alpha value is -1.82. The van der Waals surface area contributed by atoms with Crippen LogP contribution in [0, 0.1) is 0 Å². The van der Waals surface area contributed by atoms with Crippen molar-refractivity contribution in [3.8, 4) is 0 Å². The van der Waals surface area contributed by atoms with Crippen LogP contribution < -0.4 is 5.32 Å². The molecule has 0 aromatic carbocycles. The topological polar surface area (TPSA) is 50.2 Å². The van der Waals surface area contributed by atoms with E-state index in [-0.39, 0.29) is 18.1 Å². The van der Waals surface area contributed by atoms with Crippen molar-refractivity contribution in [2.45, 2.75) is 44.7 Å². The van der Waals surface area contributed by atoms with Gasteiger partial charge >= 0.3 is 6.03 Å². The Kier molecular flexibility index (Phi) is 5.00. The Balaban J connectivity index is 1.75. The highest BCUT2D eigenvalue weighted by atomic mass is 32.1. The smallest absolute Gasteiger partial charge is 0.318 e. The summed E-state index contributed by atoms with van der Waals surface area (Å²) >= 11 is 1.70. The Morgan fingerprint density at radius 2 is 2.35 bits per heavy atom. The number of amides is 2. The molecular weight excluding hydrogens is 308 g/mol. The fourth-order valence-corrected chi connectivity index (χ4v) is 4.15. The summed E-state index contributed by atoms with van der Waals surface area (Å²) in [5.41, 5.74) is 1.11. The van der Waals surface area contributed by atoms with Crippen molar-refractivity contribution in [3.63, 3.8) is 0 Å². The first-order valence-corrected chi connectivity index (χ1v) is 9.17. The molecule has 124 valence electrons. The maximum atomic E-state index is 12.9. The minimum atomic E-state index is 0.0381. The van der Waals surface area contributed by atoms with Gasteiger partial charge in [0.1, 0.15) is 0 Å². The zero-order valence-electron chi connectivity index (χ0n) is 13.7. The van der Waals surface area contributed by atoms with Gasteiger partial charge in [-0.05, 0) is 43.2 Å². The molecule has 0 unspecified atom stereocenters. The Morgan fingerprint density at radius 3 is 3.00 bits per heavy atom. The zero-order valence-corrected chi connectivity index (χ0v) is 14.6. The van der Waals surface area contributed by atoms with Crippen molar-refractivity contribution in [2.75, 3.05) is 6.54 Å². The lowest BCUT2D eigenvalue weighted by Gasteiger charge is -2.36. The normalized spacial score (nSPS) is 19.6. The van der Waals surface area contributed by atoms with E-state index in [0.717, 1.165) is 37.9 Å². The number of hydrogen-bond acceptors (Lipinski definition) is 3. The molecule has 1 fully saturated rings. The van der Waals surface area contributed by atoms with E-state index >= 15 is 0 Å². The molecule has 2 amide bonds. The Morgan fingerprint density at radius 1 is 1.48 bits per heavy atom. The van der Waals surface area contributed by atoms with Gasteiger partial charge in [-0.15, -0.1) is 11.3 Å². The molecule has 0 bridgehead atoms. The quantitative estimate of drug-likeness (QED) is 0.924. The van der Waals surface area contributed by atoms with Crippen LogP contribution in [0.15, 0.2) is 29.8 Å². The van der Waals surface area contributed by atoms with E-state index in [1.807, 2.05) is 28.8 Å². The second kappa shape index (κ2) is 7.17. The number of nitrogens with zero attached hydrogens (tertiary/aromatic N) is 3. The van der Waals surface area contributed by atoms with Crippen molar-refractivity contribution in [1.29, 1.82) is 0 Å². The van der Waals surface area contributed by atoms with Crippen LogP contribution in [0.25, 0.3) is 0 Å². The van der Waals surface area contributed by atoms with Gasteiger partial charge in [0.25, 0.3) is 0 Å². The van der Waals surface area contributed by atoms with E-state index in [1.54, 1.807) is 17.5 Å². The number of thiophene rings is 1. The summed E-state index contributed by atoms with van der Waals surface area (Å²) in [5, 5.41) is 9.54. The number of piperidine rings is 1. The van der Waals surface area contributed by atoms with Gasteiger partial charge in [0, 0.05) is 24.7 Å². The molecule has 2 aromatic heterocycles. The van der Waals surface area contributed by atoms with Crippen molar-refractivity contribution in [3.05, 3.63) is 40.3 Å². The standard InChI is InChI=1S/C17H24N4OS/c1-3-13(16-8-6-12-23-16)19-17(22)21-11-5-4-7-15(21)14-9-10-18-20(14)2/h6,8-10,12-13,15H,3-5,7,11H2,1-2H3,(H,19,22)/t13-,15+/m1/s1. The second-order valence-corrected chi connectivity index (χ2v) is 6.99. The molecule has 3 rings (SSSR count). The van der Waals surface area contributed by atoms with Gasteiger partial charge < -0.3 is 10.2 Å². The van der Waals surface area contributed by atoms with Crippen LogP contribution in [0.3, 0.4) is 0 Å². The van der Waals surface area contributed by atoms with E-state index < -0.39 is 0 Å². The highest BCUT2D eigenvalue weighted by Gasteiger charge is 2.30. The van der Waals surface area contributed by atoms with Crippen LogP contribution in [-0.2, 0) is 7.05 Å². The number of carbonyl (C=O) groups excluding carboxylic acids is 1. The van der Waals surface area contributed by atoms with Crippen molar-refractivity contribution in [2.24, 2.45) is 7.05 Å². The van der Waals surface area contributed by atoms with Crippen molar-refractivity contribution < 1.29 is 4.79 Å². The first kappa shape index (κ1) is 16.1. The van der Waals surface area contributed by atoms with Crippen LogP contribution in [0.5, 0.6) is 0 Å². The number of aromatic nitrogens is 2. The predicted octanol–water partition coefficient (Wildman–Crippen LogP) is 3.87. The average molecular weight is 332 g/mol. The first-order valence-electron chi connectivity index (χ1n) is 8.29. The summed E-state index contributed by atoms with van der Waals surface area (Å²) in [6, 6.07) is 6.40. The number of carbonyl (C=O) groups is 1. The van der Waals surface area contributed by atoms with Crippen LogP contribution >= 0.6 is 11.3 Å². The maximum absolute atomic E-state index is 12.9. The molecule has 3 heterocycles. The number of rotatable bonds is 4. The molecular formula is C17H24N4OS. The summed E-state index contributed by atoms with van der Waals surface area (Å²) in [4.78, 5) is 16.1. The van der Waals surface area contributed by atoms with E-state index in [4.69, 9.17) is 0 Å². The number of nitrogens with one attached hydrogen (secondary N) is 1. The van der Waals surface area contributed by atoms with Gasteiger partial charge in [-0.3, -0.25) is 4.68 Å². The lowest BCUT2D eigenvalue weighted by Crippen LogP contribution is -2.46. The molecule has 0 aliphatic carbocycles. The Bertz CT molecular complexity index is 637. The van der Waals surface area contributed by atoms with E-state index in [1.165, 1.54) is 4.88 Å². The summed E-state index contributed by atoms with van der Waals surface area (Å²) in [5.74, 6) is 0. The number of likely N-dealkylation sites (tertiary alicyclic amines) is 1. The molecule has 6 heteroatoms. The summed E-state index contributed by atoms with van der Waals surface area (Å²) < 4.78 is 1.88. The van der Waals surface area contributed by atoms with Gasteiger partial charge in [0.2, 0.25) is 0 Å². The van der Waals surface area contributed by atoms with Gasteiger partial charge in [0.05, 0.1) is 17.8 Å². The molecule has 0 saturated carbocycles. The van der Waals surface area contributed by atoms with E-state index in [9.17, 15) is 4.79 Å². The molecule has 1 N–H and O–H groups in total. The number of urea groups is 1. The number of hydrogen-bond donors (Lipinski definition) is 1. The SMILES string of the molecule is CC[C@@H](NC(=O)N1CCCC[C@H]1c1ccnn1C)c1cccs1. The molecule has 2 aromatic rings. The van der Waals surface area contributed by atoms with Gasteiger partial charge in [-0.1, -0.05) is 13.0 Å². The van der Waals surface area contributed by atoms with E-state index in [2.05, 4.69) is 28.8 Å². The predicted molar refractivity (Wildman–Crippen MR) is 92.4 cm³/mol. The molecule has 1 aliphatic heterocycles. The monoisotopic (exact) mass is 332 g/mol. The Labute approximate surface area is 141 Å². The highest BCUT2D eigenvalue weighted by Crippen LogP contribution is 2.31. The highest BCUT2D eigenvalue weighted by molar-refractivity contribution is 7.10. The molecule has 0 spiro atoms. The van der Waals surface area contributed by atoms with Crippen LogP contribution in [0.1, 0.15) is 55.3 Å². The van der Waals surface area contributed by atoms with Gasteiger partial charge in [-0.25, -0.2) is 4.79 Å². The molecule has 0 radical (unpaired) electrons. The molecule has 23 heavy (non-hydrogen) atoms. The third kappa shape index (κ3) is 3.42. The molecule has 2 atom stereocenters. The van der Waals surface area contributed by atoms with Crippen LogP contribution in [0.2, 0.25) is 0 Å². The summed E-state index contributed by atoms with van der Waals surface area (Å²) in [7, 11) is 1.94. The third-order valence-corrected chi connectivity index (χ3v) is 5.54. The summed E-state index contributed by atoms with van der Waals surface area (Å²) in [6.07, 6.45) is 5.93. The fourth-order valence-electron chi connectivity index (χ4n) is 3.29. The van der Waals surface area contributed by atoms with Gasteiger partial charge in [-0.2, -0.15) is 5.10 Å². The largest absolute Gasteiger partial charge is 0.330 e. The lowest BCUT2D eigenvalue weighted by molar-refractivity contribution is 0.144. The van der Waals surface area contributed by atoms with E-state index in [0.29, 0.717) is 0 Å². The third-order valence-electron chi connectivity index (χ3n) is 4.56. The molecule has 5 nitrogen and oxygen atoms in total. The maximum Gasteiger partial charge on any atom is 0.318 e. The van der Waals surface area contributed by atoms with Crippen LogP contribution in [0.4, 0.5) is 4.79 Å².